The van der Waals surface area contributed by atoms with Crippen LogP contribution in [0.1, 0.15) is 5.56 Å². The minimum absolute atomic E-state index is 0.718. The molecule has 0 aliphatic heterocycles. The van der Waals surface area contributed by atoms with Crippen LogP contribution in [0, 0.1) is 0 Å². The standard InChI is InChI=1S/C13H16N4/c1-17(12-7-3-2-4-8-12)10-11-6-5-9-15-13(11)16-14/h2-9H,10,14H2,1H3,(H,15,16). The first kappa shape index (κ1) is 11.4. The molecule has 0 aliphatic rings. The number of nitrogens with one attached hydrogen (secondary N) is 1. The summed E-state index contributed by atoms with van der Waals surface area (Å²) in [6, 6.07) is 14.1. The Kier molecular flexibility index (Phi) is 3.57. The van der Waals surface area contributed by atoms with Crippen LogP contribution < -0.4 is 16.2 Å². The summed E-state index contributed by atoms with van der Waals surface area (Å²) in [6.45, 7) is 0.761. The summed E-state index contributed by atoms with van der Waals surface area (Å²) < 4.78 is 0. The van der Waals surface area contributed by atoms with Gasteiger partial charge in [0.05, 0.1) is 0 Å². The van der Waals surface area contributed by atoms with Gasteiger partial charge in [-0.15, -0.1) is 0 Å². The molecule has 17 heavy (non-hydrogen) atoms. The summed E-state index contributed by atoms with van der Waals surface area (Å²) in [5.74, 6) is 6.15. The van der Waals surface area contributed by atoms with E-state index in [4.69, 9.17) is 5.84 Å². The number of nitrogens with zero attached hydrogens (tertiary/aromatic N) is 2. The molecule has 4 heteroatoms. The predicted molar refractivity (Wildman–Crippen MR) is 70.6 cm³/mol. The van der Waals surface area contributed by atoms with Crippen molar-refractivity contribution in [3.05, 3.63) is 54.2 Å². The Morgan fingerprint density at radius 3 is 2.65 bits per heavy atom. The number of nitrogens with two attached hydrogens (primary N) is 1. The van der Waals surface area contributed by atoms with Crippen LogP contribution in [0.2, 0.25) is 0 Å². The van der Waals surface area contributed by atoms with Crippen molar-refractivity contribution in [3.8, 4) is 0 Å². The van der Waals surface area contributed by atoms with Gasteiger partial charge in [0.2, 0.25) is 0 Å². The highest BCUT2D eigenvalue weighted by Gasteiger charge is 2.05. The number of hydrogen-bond acceptors (Lipinski definition) is 4. The smallest absolute Gasteiger partial charge is 0.144 e. The van der Waals surface area contributed by atoms with Gasteiger partial charge in [-0.2, -0.15) is 0 Å². The average Bonchev–Trinajstić information content (AvgIpc) is 2.40. The number of anilines is 2. The van der Waals surface area contributed by atoms with E-state index in [1.54, 1.807) is 6.20 Å². The molecule has 2 rings (SSSR count). The van der Waals surface area contributed by atoms with E-state index in [-0.39, 0.29) is 0 Å². The molecule has 1 aromatic carbocycles. The van der Waals surface area contributed by atoms with Gasteiger partial charge in [0.15, 0.2) is 0 Å². The molecular formula is C13H16N4. The highest BCUT2D eigenvalue weighted by atomic mass is 15.3. The Labute approximate surface area is 101 Å². The topological polar surface area (TPSA) is 54.2 Å². The van der Waals surface area contributed by atoms with Crippen molar-refractivity contribution in [3.63, 3.8) is 0 Å². The monoisotopic (exact) mass is 228 g/mol. The lowest BCUT2D eigenvalue weighted by Crippen LogP contribution is -2.19. The van der Waals surface area contributed by atoms with E-state index < -0.39 is 0 Å². The molecule has 0 aliphatic carbocycles. The van der Waals surface area contributed by atoms with Crippen LogP contribution in [0.3, 0.4) is 0 Å². The first-order valence-electron chi connectivity index (χ1n) is 5.48. The van der Waals surface area contributed by atoms with E-state index in [1.807, 2.05) is 37.4 Å². The molecule has 0 radical (unpaired) electrons. The number of aromatic nitrogens is 1. The Morgan fingerprint density at radius 2 is 1.94 bits per heavy atom. The molecule has 88 valence electrons. The number of rotatable bonds is 4. The zero-order chi connectivity index (χ0) is 12.1. The first-order chi connectivity index (χ1) is 8.31. The summed E-state index contributed by atoms with van der Waals surface area (Å²) in [7, 11) is 2.04. The van der Waals surface area contributed by atoms with Gasteiger partial charge in [0.25, 0.3) is 0 Å². The van der Waals surface area contributed by atoms with Crippen LogP contribution in [-0.2, 0) is 6.54 Å². The average molecular weight is 228 g/mol. The van der Waals surface area contributed by atoms with Crippen molar-refractivity contribution in [1.82, 2.24) is 4.98 Å². The van der Waals surface area contributed by atoms with Crippen LogP contribution in [0.25, 0.3) is 0 Å². The first-order valence-corrected chi connectivity index (χ1v) is 5.48. The second-order valence-electron chi connectivity index (χ2n) is 3.85. The van der Waals surface area contributed by atoms with Crippen LogP contribution in [0.4, 0.5) is 11.5 Å². The van der Waals surface area contributed by atoms with Crippen LogP contribution >= 0.6 is 0 Å². The number of benzene rings is 1. The maximum atomic E-state index is 5.43. The number of pyridine rings is 1. The quantitative estimate of drug-likeness (QED) is 0.621. The zero-order valence-electron chi connectivity index (χ0n) is 9.80. The summed E-state index contributed by atoms with van der Waals surface area (Å²) in [4.78, 5) is 6.33. The molecule has 0 saturated carbocycles. The molecule has 0 bridgehead atoms. The molecule has 2 aromatic rings. The van der Waals surface area contributed by atoms with Gasteiger partial charge < -0.3 is 10.3 Å². The van der Waals surface area contributed by atoms with E-state index >= 15 is 0 Å². The second-order valence-corrected chi connectivity index (χ2v) is 3.85. The fourth-order valence-electron chi connectivity index (χ4n) is 1.73. The normalized spacial score (nSPS) is 10.0. The minimum Gasteiger partial charge on any atom is -0.370 e. The van der Waals surface area contributed by atoms with Crippen LogP contribution in [0.5, 0.6) is 0 Å². The molecule has 4 nitrogen and oxygen atoms in total. The molecule has 0 spiro atoms. The maximum absolute atomic E-state index is 5.43. The second kappa shape index (κ2) is 5.32. The molecule has 0 atom stereocenters. The number of para-hydroxylation sites is 1. The maximum Gasteiger partial charge on any atom is 0.144 e. The van der Waals surface area contributed by atoms with Gasteiger partial charge in [-0.3, -0.25) is 0 Å². The third-order valence-corrected chi connectivity index (χ3v) is 2.63. The molecule has 1 aromatic heterocycles. The van der Waals surface area contributed by atoms with Crippen molar-refractivity contribution in [2.75, 3.05) is 17.4 Å². The molecule has 0 fully saturated rings. The number of hydrazine groups is 1. The fraction of sp³-hybridized carbons (Fsp3) is 0.154. The van der Waals surface area contributed by atoms with E-state index in [2.05, 4.69) is 27.4 Å². The largest absolute Gasteiger partial charge is 0.370 e. The molecule has 0 amide bonds. The van der Waals surface area contributed by atoms with Crippen LogP contribution in [0.15, 0.2) is 48.7 Å². The lowest BCUT2D eigenvalue weighted by Gasteiger charge is -2.20. The third-order valence-electron chi connectivity index (χ3n) is 2.63. The zero-order valence-corrected chi connectivity index (χ0v) is 9.80. The Morgan fingerprint density at radius 1 is 1.18 bits per heavy atom. The van der Waals surface area contributed by atoms with E-state index in [0.717, 1.165) is 17.9 Å². The summed E-state index contributed by atoms with van der Waals surface area (Å²) in [5, 5.41) is 0. The molecule has 0 unspecified atom stereocenters. The Hall–Kier alpha value is -2.07. The lowest BCUT2D eigenvalue weighted by atomic mass is 10.2. The van der Waals surface area contributed by atoms with Crippen molar-refractivity contribution in [1.29, 1.82) is 0 Å². The highest BCUT2D eigenvalue weighted by Crippen LogP contribution is 2.17. The molecule has 3 N–H and O–H groups in total. The molecular weight excluding hydrogens is 212 g/mol. The molecule has 0 saturated heterocycles. The summed E-state index contributed by atoms with van der Waals surface area (Å²) >= 11 is 0. The molecule has 1 heterocycles. The van der Waals surface area contributed by atoms with Crippen LogP contribution in [-0.4, -0.2) is 12.0 Å². The van der Waals surface area contributed by atoms with Crippen molar-refractivity contribution in [2.24, 2.45) is 5.84 Å². The SMILES string of the molecule is CN(Cc1cccnc1NN)c1ccccc1. The summed E-state index contributed by atoms with van der Waals surface area (Å²) in [6.07, 6.45) is 1.72. The predicted octanol–water partition coefficient (Wildman–Crippen LogP) is 2.00. The minimum atomic E-state index is 0.718. The number of hydrogen-bond donors (Lipinski definition) is 2. The van der Waals surface area contributed by atoms with Gasteiger partial charge in [-0.05, 0) is 18.2 Å². The number of nitrogen functional groups attached to an aromatic ring is 1. The van der Waals surface area contributed by atoms with Gasteiger partial charge in [0.1, 0.15) is 5.82 Å². The highest BCUT2D eigenvalue weighted by molar-refractivity contribution is 5.49. The van der Waals surface area contributed by atoms with Gasteiger partial charge >= 0.3 is 0 Å². The lowest BCUT2D eigenvalue weighted by molar-refractivity contribution is 0.915. The van der Waals surface area contributed by atoms with Crippen molar-refractivity contribution >= 4 is 11.5 Å². The van der Waals surface area contributed by atoms with E-state index in [9.17, 15) is 0 Å². The fourth-order valence-corrected chi connectivity index (χ4v) is 1.73. The van der Waals surface area contributed by atoms with Gasteiger partial charge in [-0.25, -0.2) is 10.8 Å². The van der Waals surface area contributed by atoms with Gasteiger partial charge in [-0.1, -0.05) is 24.3 Å². The third kappa shape index (κ3) is 2.73. The Bertz CT molecular complexity index is 470. The van der Waals surface area contributed by atoms with Crippen molar-refractivity contribution < 1.29 is 0 Å². The Balaban J connectivity index is 2.16. The van der Waals surface area contributed by atoms with E-state index in [0.29, 0.717) is 0 Å². The van der Waals surface area contributed by atoms with Gasteiger partial charge in [0, 0.05) is 31.0 Å². The van der Waals surface area contributed by atoms with Crippen molar-refractivity contribution in [2.45, 2.75) is 6.54 Å². The summed E-state index contributed by atoms with van der Waals surface area (Å²) in [5.41, 5.74) is 4.85. The van der Waals surface area contributed by atoms with E-state index in [1.165, 1.54) is 5.69 Å².